The molecule has 0 saturated carbocycles. The van der Waals surface area contributed by atoms with E-state index >= 15 is 0 Å². The van der Waals surface area contributed by atoms with Gasteiger partial charge in [-0.3, -0.25) is 5.10 Å². The molecule has 100 valence electrons. The Kier molecular flexibility index (Phi) is 3.44. The highest BCUT2D eigenvalue weighted by molar-refractivity contribution is 5.39. The highest BCUT2D eigenvalue weighted by Crippen LogP contribution is 2.23. The molecular formula is C14H19N5. The maximum atomic E-state index is 4.39. The van der Waals surface area contributed by atoms with Crippen LogP contribution < -0.4 is 4.90 Å². The number of hydrogen-bond donors (Lipinski definition) is 1. The molecule has 1 N–H and O–H groups in total. The molecule has 3 heterocycles. The summed E-state index contributed by atoms with van der Waals surface area (Å²) in [6.07, 6.45) is 7.05. The third kappa shape index (κ3) is 2.92. The van der Waals surface area contributed by atoms with Crippen molar-refractivity contribution in [1.82, 2.24) is 20.2 Å². The summed E-state index contributed by atoms with van der Waals surface area (Å²) in [4.78, 5) is 10.9. The van der Waals surface area contributed by atoms with Gasteiger partial charge in [0.05, 0.1) is 0 Å². The minimum Gasteiger partial charge on any atom is -0.356 e. The van der Waals surface area contributed by atoms with Crippen LogP contribution in [0.25, 0.3) is 0 Å². The van der Waals surface area contributed by atoms with Gasteiger partial charge in [0.1, 0.15) is 12.1 Å². The Balaban J connectivity index is 1.67. The van der Waals surface area contributed by atoms with Crippen molar-refractivity contribution in [2.45, 2.75) is 26.2 Å². The molecule has 2 aromatic rings. The number of nitrogens with one attached hydrogen (secondary N) is 1. The van der Waals surface area contributed by atoms with E-state index in [0.29, 0.717) is 5.92 Å². The van der Waals surface area contributed by atoms with Crippen LogP contribution >= 0.6 is 0 Å². The number of nitrogens with zero attached hydrogens (tertiary/aromatic N) is 4. The molecular weight excluding hydrogens is 238 g/mol. The standard InChI is InChI=1S/C14H19N5/c1-11-7-14(16-10-15-11)19-6-2-3-12(9-19)8-13-4-5-17-18-13/h4-5,7,10,12H,2-3,6,8-9H2,1H3,(H,17,18)/t12-/m0/s1. The largest absolute Gasteiger partial charge is 0.356 e. The zero-order valence-corrected chi connectivity index (χ0v) is 11.2. The summed E-state index contributed by atoms with van der Waals surface area (Å²) in [6.45, 7) is 4.17. The molecule has 5 nitrogen and oxygen atoms in total. The molecule has 1 aliphatic heterocycles. The van der Waals surface area contributed by atoms with Crippen molar-refractivity contribution in [3.05, 3.63) is 36.0 Å². The lowest BCUT2D eigenvalue weighted by atomic mass is 9.93. The van der Waals surface area contributed by atoms with Crippen molar-refractivity contribution >= 4 is 5.82 Å². The van der Waals surface area contributed by atoms with Gasteiger partial charge in [-0.1, -0.05) is 0 Å². The van der Waals surface area contributed by atoms with Crippen LogP contribution in [-0.2, 0) is 6.42 Å². The topological polar surface area (TPSA) is 57.7 Å². The summed E-state index contributed by atoms with van der Waals surface area (Å²) in [5.74, 6) is 1.73. The van der Waals surface area contributed by atoms with Crippen molar-refractivity contribution in [1.29, 1.82) is 0 Å². The molecule has 0 aromatic carbocycles. The number of aryl methyl sites for hydroxylation is 1. The first-order valence-electron chi connectivity index (χ1n) is 6.83. The molecule has 0 aliphatic carbocycles. The molecule has 0 spiro atoms. The lowest BCUT2D eigenvalue weighted by molar-refractivity contribution is 0.408. The molecule has 3 rings (SSSR count). The summed E-state index contributed by atoms with van der Waals surface area (Å²) in [7, 11) is 0. The van der Waals surface area contributed by atoms with Crippen LogP contribution in [0.1, 0.15) is 24.2 Å². The number of rotatable bonds is 3. The molecule has 1 saturated heterocycles. The fourth-order valence-corrected chi connectivity index (χ4v) is 2.76. The number of aromatic nitrogens is 4. The van der Waals surface area contributed by atoms with Crippen molar-refractivity contribution < 1.29 is 0 Å². The zero-order chi connectivity index (χ0) is 13.1. The Morgan fingerprint density at radius 1 is 1.42 bits per heavy atom. The van der Waals surface area contributed by atoms with Gasteiger partial charge < -0.3 is 4.90 Å². The number of anilines is 1. The maximum Gasteiger partial charge on any atom is 0.132 e. The van der Waals surface area contributed by atoms with E-state index in [1.165, 1.54) is 18.5 Å². The predicted molar refractivity (Wildman–Crippen MR) is 74.0 cm³/mol. The Bertz CT molecular complexity index is 522. The third-order valence-corrected chi connectivity index (χ3v) is 3.70. The second-order valence-electron chi connectivity index (χ2n) is 5.26. The monoisotopic (exact) mass is 257 g/mol. The minimum atomic E-state index is 0.671. The van der Waals surface area contributed by atoms with Gasteiger partial charge in [0.2, 0.25) is 0 Å². The average Bonchev–Trinajstić information content (AvgIpc) is 2.92. The van der Waals surface area contributed by atoms with Crippen LogP contribution in [0.2, 0.25) is 0 Å². The van der Waals surface area contributed by atoms with Crippen molar-refractivity contribution in [3.63, 3.8) is 0 Å². The molecule has 5 heteroatoms. The molecule has 1 fully saturated rings. The van der Waals surface area contributed by atoms with Gasteiger partial charge in [-0.25, -0.2) is 9.97 Å². The summed E-state index contributed by atoms with van der Waals surface area (Å²) < 4.78 is 0. The first-order chi connectivity index (χ1) is 9.31. The highest BCUT2D eigenvalue weighted by Gasteiger charge is 2.21. The second kappa shape index (κ2) is 5.38. The quantitative estimate of drug-likeness (QED) is 0.913. The smallest absolute Gasteiger partial charge is 0.132 e. The van der Waals surface area contributed by atoms with Gasteiger partial charge in [0, 0.05) is 36.7 Å². The summed E-state index contributed by atoms with van der Waals surface area (Å²) >= 11 is 0. The van der Waals surface area contributed by atoms with Gasteiger partial charge in [-0.05, 0) is 38.2 Å². The molecule has 0 unspecified atom stereocenters. The molecule has 19 heavy (non-hydrogen) atoms. The molecule has 1 aliphatic rings. The third-order valence-electron chi connectivity index (χ3n) is 3.70. The van der Waals surface area contributed by atoms with Crippen LogP contribution in [0, 0.1) is 12.8 Å². The molecule has 1 atom stereocenters. The molecule has 0 bridgehead atoms. The van der Waals surface area contributed by atoms with Gasteiger partial charge in [0.15, 0.2) is 0 Å². The SMILES string of the molecule is Cc1cc(N2CCC[C@@H](Cc3ccn[nH]3)C2)ncn1. The Morgan fingerprint density at radius 3 is 3.16 bits per heavy atom. The fraction of sp³-hybridized carbons (Fsp3) is 0.500. The Hall–Kier alpha value is -1.91. The van der Waals surface area contributed by atoms with Crippen LogP contribution in [0.3, 0.4) is 0 Å². The van der Waals surface area contributed by atoms with E-state index in [4.69, 9.17) is 0 Å². The van der Waals surface area contributed by atoms with Gasteiger partial charge in [0.25, 0.3) is 0 Å². The fourth-order valence-electron chi connectivity index (χ4n) is 2.76. The molecule has 0 amide bonds. The first-order valence-corrected chi connectivity index (χ1v) is 6.83. The van der Waals surface area contributed by atoms with Crippen LogP contribution in [0.15, 0.2) is 24.7 Å². The maximum absolute atomic E-state index is 4.39. The van der Waals surface area contributed by atoms with Gasteiger partial charge in [-0.15, -0.1) is 0 Å². The van der Waals surface area contributed by atoms with Crippen molar-refractivity contribution in [3.8, 4) is 0 Å². The van der Waals surface area contributed by atoms with Crippen LogP contribution in [-0.4, -0.2) is 33.3 Å². The molecule has 0 radical (unpaired) electrons. The first kappa shape index (κ1) is 12.1. The van der Waals surface area contributed by atoms with Crippen molar-refractivity contribution in [2.24, 2.45) is 5.92 Å². The summed E-state index contributed by atoms with van der Waals surface area (Å²) in [5.41, 5.74) is 2.26. The lowest BCUT2D eigenvalue weighted by Gasteiger charge is -2.33. The van der Waals surface area contributed by atoms with E-state index in [9.17, 15) is 0 Å². The Morgan fingerprint density at radius 2 is 2.37 bits per heavy atom. The van der Waals surface area contributed by atoms with Gasteiger partial charge >= 0.3 is 0 Å². The van der Waals surface area contributed by atoms with E-state index in [0.717, 1.165) is 31.0 Å². The number of hydrogen-bond acceptors (Lipinski definition) is 4. The number of aromatic amines is 1. The Labute approximate surface area is 113 Å². The second-order valence-corrected chi connectivity index (χ2v) is 5.26. The van der Waals surface area contributed by atoms with Crippen LogP contribution in [0.4, 0.5) is 5.82 Å². The summed E-state index contributed by atoms with van der Waals surface area (Å²) in [5, 5.41) is 7.07. The van der Waals surface area contributed by atoms with E-state index in [2.05, 4.69) is 37.2 Å². The van der Waals surface area contributed by atoms with Crippen molar-refractivity contribution in [2.75, 3.05) is 18.0 Å². The normalized spacial score (nSPS) is 19.6. The number of piperidine rings is 1. The van der Waals surface area contributed by atoms with E-state index in [1.54, 1.807) is 6.33 Å². The zero-order valence-electron chi connectivity index (χ0n) is 11.2. The van der Waals surface area contributed by atoms with E-state index < -0.39 is 0 Å². The highest BCUT2D eigenvalue weighted by atomic mass is 15.2. The summed E-state index contributed by atoms with van der Waals surface area (Å²) in [6, 6.07) is 4.13. The average molecular weight is 257 g/mol. The lowest BCUT2D eigenvalue weighted by Crippen LogP contribution is -2.36. The molecule has 2 aromatic heterocycles. The van der Waals surface area contributed by atoms with Crippen LogP contribution in [0.5, 0.6) is 0 Å². The van der Waals surface area contributed by atoms with E-state index in [-0.39, 0.29) is 0 Å². The number of H-pyrrole nitrogens is 1. The van der Waals surface area contributed by atoms with Gasteiger partial charge in [-0.2, -0.15) is 5.10 Å². The van der Waals surface area contributed by atoms with E-state index in [1.807, 2.05) is 13.1 Å². The minimum absolute atomic E-state index is 0.671. The predicted octanol–water partition coefficient (Wildman–Crippen LogP) is 1.97.